The Morgan fingerprint density at radius 3 is 2.19 bits per heavy atom. The van der Waals surface area contributed by atoms with Crippen molar-refractivity contribution in [3.8, 4) is 22.5 Å². The zero-order chi connectivity index (χ0) is 18.9. The van der Waals surface area contributed by atoms with Crippen LogP contribution in [0.3, 0.4) is 0 Å². The lowest BCUT2D eigenvalue weighted by atomic mass is 10.0. The first-order valence-corrected chi connectivity index (χ1v) is 9.98. The zero-order valence-corrected chi connectivity index (χ0v) is 16.3. The number of anilines is 1. The fourth-order valence-electron chi connectivity index (χ4n) is 2.57. The van der Waals surface area contributed by atoms with Gasteiger partial charge in [-0.3, -0.25) is 5.43 Å². The van der Waals surface area contributed by atoms with E-state index in [1.165, 1.54) is 0 Å². The van der Waals surface area contributed by atoms with Crippen molar-refractivity contribution in [2.45, 2.75) is 19.1 Å². The van der Waals surface area contributed by atoms with Crippen molar-refractivity contribution in [2.24, 2.45) is 0 Å². The molecule has 0 spiro atoms. The number of benzene rings is 2. The monoisotopic (exact) mass is 377 g/mol. The van der Waals surface area contributed by atoms with Gasteiger partial charge >= 0.3 is 0 Å². The first-order valence-electron chi connectivity index (χ1n) is 8.93. The van der Waals surface area contributed by atoms with Gasteiger partial charge in [-0.25, -0.2) is 4.98 Å². The molecule has 6 heteroatoms. The van der Waals surface area contributed by atoms with E-state index in [1.807, 2.05) is 78.6 Å². The molecule has 0 radical (unpaired) electrons. The summed E-state index contributed by atoms with van der Waals surface area (Å²) in [4.78, 5) is 4.69. The van der Waals surface area contributed by atoms with Crippen molar-refractivity contribution in [3.05, 3.63) is 72.9 Å². The van der Waals surface area contributed by atoms with E-state index < -0.39 is 0 Å². The Balaban J connectivity index is 1.83. The molecule has 3 aromatic rings. The highest BCUT2D eigenvalue weighted by Gasteiger charge is 2.13. The number of rotatable bonds is 8. The van der Waals surface area contributed by atoms with Crippen molar-refractivity contribution in [1.82, 2.24) is 20.6 Å². The largest absolute Gasteiger partial charge is 0.306 e. The van der Waals surface area contributed by atoms with Crippen LogP contribution < -0.4 is 10.9 Å². The summed E-state index contributed by atoms with van der Waals surface area (Å²) in [5.41, 5.74) is 9.56. The van der Waals surface area contributed by atoms with E-state index >= 15 is 0 Å². The average molecular weight is 378 g/mol. The summed E-state index contributed by atoms with van der Waals surface area (Å²) in [6.07, 6.45) is 3.95. The van der Waals surface area contributed by atoms with Gasteiger partial charge in [0.25, 0.3) is 5.95 Å². The second-order valence-corrected chi connectivity index (χ2v) is 7.51. The second kappa shape index (κ2) is 9.73. The Kier molecular flexibility index (Phi) is 6.82. The van der Waals surface area contributed by atoms with Crippen LogP contribution in [0.2, 0.25) is 0 Å². The number of thioether (sulfide) groups is 1. The molecule has 1 heterocycles. The van der Waals surface area contributed by atoms with Crippen LogP contribution in [0.5, 0.6) is 0 Å². The maximum atomic E-state index is 4.69. The maximum absolute atomic E-state index is 4.69. The van der Waals surface area contributed by atoms with E-state index in [0.717, 1.165) is 28.3 Å². The third-order valence-corrected chi connectivity index (χ3v) is 4.86. The molecule has 0 fully saturated rings. The molecule has 1 unspecified atom stereocenters. The van der Waals surface area contributed by atoms with Crippen LogP contribution in [0.4, 0.5) is 5.95 Å². The summed E-state index contributed by atoms with van der Waals surface area (Å²) in [6.45, 7) is 4.31. The number of hydrogen-bond donors (Lipinski definition) is 2. The van der Waals surface area contributed by atoms with Crippen LogP contribution in [-0.4, -0.2) is 26.2 Å². The molecular formula is C21H23N5S. The molecule has 0 amide bonds. The molecule has 2 aromatic carbocycles. The van der Waals surface area contributed by atoms with Crippen LogP contribution in [-0.2, 0) is 0 Å². The highest BCUT2D eigenvalue weighted by molar-refractivity contribution is 8.00. The van der Waals surface area contributed by atoms with Gasteiger partial charge < -0.3 is 5.43 Å². The lowest BCUT2D eigenvalue weighted by Gasteiger charge is -2.10. The molecule has 0 aliphatic carbocycles. The Morgan fingerprint density at radius 1 is 0.926 bits per heavy atom. The Morgan fingerprint density at radius 2 is 1.56 bits per heavy atom. The van der Waals surface area contributed by atoms with E-state index in [4.69, 9.17) is 0 Å². The molecule has 27 heavy (non-hydrogen) atoms. The molecule has 3 rings (SSSR count). The summed E-state index contributed by atoms with van der Waals surface area (Å²) >= 11 is 1.88. The first-order chi connectivity index (χ1) is 13.3. The topological polar surface area (TPSA) is 62.7 Å². The molecule has 1 aromatic heterocycles. The summed E-state index contributed by atoms with van der Waals surface area (Å²) < 4.78 is 0. The van der Waals surface area contributed by atoms with E-state index in [0.29, 0.717) is 11.2 Å². The Hall–Kier alpha value is -2.86. The Bertz CT molecular complexity index is 868. The van der Waals surface area contributed by atoms with Crippen LogP contribution in [0, 0.1) is 0 Å². The normalized spacial score (nSPS) is 12.1. The molecule has 0 aliphatic rings. The Labute approximate surface area is 164 Å². The number of hydrazine groups is 1. The first kappa shape index (κ1) is 18.9. The van der Waals surface area contributed by atoms with Gasteiger partial charge in [0.05, 0.1) is 0 Å². The predicted molar refractivity (Wildman–Crippen MR) is 114 cm³/mol. The van der Waals surface area contributed by atoms with Crippen LogP contribution in [0.25, 0.3) is 22.5 Å². The van der Waals surface area contributed by atoms with Crippen molar-refractivity contribution >= 4 is 17.7 Å². The van der Waals surface area contributed by atoms with Gasteiger partial charge in [-0.2, -0.15) is 11.8 Å². The molecule has 2 N–H and O–H groups in total. The quantitative estimate of drug-likeness (QED) is 0.551. The summed E-state index contributed by atoms with van der Waals surface area (Å²) in [5, 5.41) is 9.09. The summed E-state index contributed by atoms with van der Waals surface area (Å²) in [7, 11) is 0. The van der Waals surface area contributed by atoms with Crippen molar-refractivity contribution < 1.29 is 0 Å². The standard InChI is InChI=1S/C21H23N5S/c1-3-27-16(2)14-15-22-25-21-23-19(17-10-6-4-7-11-17)20(24-26-21)18-12-8-5-9-13-18/h4-16,22H,3H2,1-2H3,(H,23,25,26)/b15-14+. The van der Waals surface area contributed by atoms with Gasteiger partial charge in [0.2, 0.25) is 0 Å². The fourth-order valence-corrected chi connectivity index (χ4v) is 3.29. The SMILES string of the molecule is CCSC(C)/C=C/NNc1nnc(-c2ccccc2)c(-c2ccccc2)n1. The number of nitrogens with one attached hydrogen (secondary N) is 2. The van der Waals surface area contributed by atoms with Crippen molar-refractivity contribution in [2.75, 3.05) is 11.2 Å². The maximum Gasteiger partial charge on any atom is 0.261 e. The molecule has 0 saturated carbocycles. The fraction of sp³-hybridized carbons (Fsp3) is 0.190. The minimum atomic E-state index is 0.425. The zero-order valence-electron chi connectivity index (χ0n) is 15.5. The second-order valence-electron chi connectivity index (χ2n) is 5.85. The van der Waals surface area contributed by atoms with Gasteiger partial charge in [0, 0.05) is 22.6 Å². The van der Waals surface area contributed by atoms with Crippen LogP contribution in [0.15, 0.2) is 72.9 Å². The minimum Gasteiger partial charge on any atom is -0.306 e. The van der Waals surface area contributed by atoms with Crippen LogP contribution in [0.1, 0.15) is 13.8 Å². The molecule has 5 nitrogen and oxygen atoms in total. The van der Waals surface area contributed by atoms with Gasteiger partial charge in [0.1, 0.15) is 11.4 Å². The molecular weight excluding hydrogens is 354 g/mol. The van der Waals surface area contributed by atoms with Gasteiger partial charge in [0.15, 0.2) is 0 Å². The highest BCUT2D eigenvalue weighted by Crippen LogP contribution is 2.28. The highest BCUT2D eigenvalue weighted by atomic mass is 32.2. The van der Waals surface area contributed by atoms with Gasteiger partial charge in [-0.15, -0.1) is 10.2 Å². The third kappa shape index (κ3) is 5.31. The smallest absolute Gasteiger partial charge is 0.261 e. The molecule has 138 valence electrons. The summed E-state index contributed by atoms with van der Waals surface area (Å²) in [5.74, 6) is 1.52. The lowest BCUT2D eigenvalue weighted by molar-refractivity contribution is 0.922. The van der Waals surface area contributed by atoms with Gasteiger partial charge in [-0.1, -0.05) is 73.7 Å². The van der Waals surface area contributed by atoms with E-state index in [9.17, 15) is 0 Å². The van der Waals surface area contributed by atoms with Crippen LogP contribution >= 0.6 is 11.8 Å². The lowest BCUT2D eigenvalue weighted by Crippen LogP contribution is -2.18. The number of nitrogens with zero attached hydrogens (tertiary/aromatic N) is 3. The molecule has 0 aliphatic heterocycles. The number of hydrogen-bond acceptors (Lipinski definition) is 6. The van der Waals surface area contributed by atoms with E-state index in [1.54, 1.807) is 0 Å². The average Bonchev–Trinajstić information content (AvgIpc) is 2.72. The van der Waals surface area contributed by atoms with Gasteiger partial charge in [-0.05, 0) is 12.7 Å². The van der Waals surface area contributed by atoms with Crippen molar-refractivity contribution in [3.63, 3.8) is 0 Å². The molecule has 0 saturated heterocycles. The third-order valence-electron chi connectivity index (χ3n) is 3.85. The van der Waals surface area contributed by atoms with Crippen molar-refractivity contribution in [1.29, 1.82) is 0 Å². The predicted octanol–water partition coefficient (Wildman–Crippen LogP) is 4.78. The summed E-state index contributed by atoms with van der Waals surface area (Å²) in [6, 6.07) is 20.0. The number of aromatic nitrogens is 3. The molecule has 1 atom stereocenters. The van der Waals surface area contributed by atoms with E-state index in [-0.39, 0.29) is 0 Å². The minimum absolute atomic E-state index is 0.425. The molecule has 0 bridgehead atoms. The van der Waals surface area contributed by atoms with E-state index in [2.05, 4.69) is 46.0 Å².